The monoisotopic (exact) mass is 692 g/mol. The summed E-state index contributed by atoms with van der Waals surface area (Å²) in [4.78, 5) is 46.2. The number of nitrogens with zero attached hydrogens (tertiary/aromatic N) is 7. The van der Waals surface area contributed by atoms with Crippen molar-refractivity contribution in [1.29, 1.82) is 0 Å². The molecule has 0 amide bonds. The first-order chi connectivity index (χ1) is 20.9. The Morgan fingerprint density at radius 3 is 2.59 bits per heavy atom. The summed E-state index contributed by atoms with van der Waals surface area (Å²) in [5, 5.41) is 0. The Bertz CT molecular complexity index is 1910. The summed E-state index contributed by atoms with van der Waals surface area (Å²) >= 11 is 9.34. The highest BCUT2D eigenvalue weighted by Crippen LogP contribution is 2.58. The zero-order valence-corrected chi connectivity index (χ0v) is 25.5. The summed E-state index contributed by atoms with van der Waals surface area (Å²) in [5.74, 6) is -0.0834. The Kier molecular flexibility index (Phi) is 7.53. The fourth-order valence-corrected chi connectivity index (χ4v) is 8.20. The number of nitrogens with one attached hydrogen (secondary N) is 1. The lowest BCUT2D eigenvalue weighted by atomic mass is 10.1. The Hall–Kier alpha value is -2.62. The Labute approximate surface area is 255 Å². The fourth-order valence-electron chi connectivity index (χ4n) is 5.29. The van der Waals surface area contributed by atoms with E-state index < -0.39 is 75.1 Å². The molecule has 3 aliphatic rings. The van der Waals surface area contributed by atoms with Gasteiger partial charge in [0.15, 0.2) is 35.0 Å². The molecule has 24 heteroatoms. The molecule has 0 spiro atoms. The predicted molar refractivity (Wildman–Crippen MR) is 155 cm³/mol. The average molecular weight is 693 g/mol. The van der Waals surface area contributed by atoms with Crippen LogP contribution < -0.4 is 17.0 Å². The molecule has 236 valence electrons. The van der Waals surface area contributed by atoms with Crippen molar-refractivity contribution in [3.8, 4) is 0 Å². The Morgan fingerprint density at radius 1 is 1.02 bits per heavy atom. The van der Waals surface area contributed by atoms with Gasteiger partial charge in [0.1, 0.15) is 36.3 Å². The van der Waals surface area contributed by atoms with E-state index in [0.717, 1.165) is 6.33 Å². The minimum absolute atomic E-state index is 0.00702. The first-order valence-electron chi connectivity index (χ1n) is 12.8. The molecule has 0 saturated carbocycles. The molecule has 0 aromatic carbocycles. The van der Waals surface area contributed by atoms with Gasteiger partial charge < -0.3 is 39.4 Å². The minimum atomic E-state index is -4.35. The molecular formula is C20H23FN10O9P2S2. The Morgan fingerprint density at radius 2 is 1.77 bits per heavy atom. The number of hydrogen-bond acceptors (Lipinski definition) is 16. The number of fused-ring (bicyclic) bond motifs is 5. The van der Waals surface area contributed by atoms with Crippen LogP contribution in [-0.2, 0) is 43.9 Å². The zero-order chi connectivity index (χ0) is 31.0. The number of nitrogens with two attached hydrogens (primary N) is 2. The molecule has 6 N–H and O–H groups in total. The van der Waals surface area contributed by atoms with Crippen molar-refractivity contribution in [2.24, 2.45) is 0 Å². The average Bonchev–Trinajstić information content (AvgIpc) is 3.72. The lowest BCUT2D eigenvalue weighted by Crippen LogP contribution is -2.34. The van der Waals surface area contributed by atoms with Gasteiger partial charge in [-0.1, -0.05) is 12.2 Å². The van der Waals surface area contributed by atoms with Crippen molar-refractivity contribution in [1.82, 2.24) is 39.0 Å². The van der Waals surface area contributed by atoms with Crippen LogP contribution in [0.25, 0.3) is 22.3 Å². The third kappa shape index (κ3) is 5.32. The van der Waals surface area contributed by atoms with Gasteiger partial charge in [-0.25, -0.2) is 28.9 Å². The number of hydrogen-bond donors (Lipinski definition) is 5. The van der Waals surface area contributed by atoms with Crippen molar-refractivity contribution in [2.75, 3.05) is 31.3 Å². The van der Waals surface area contributed by atoms with Gasteiger partial charge in [-0.2, -0.15) is 4.98 Å². The molecule has 2 bridgehead atoms. The maximum absolute atomic E-state index is 15.9. The first-order valence-corrected chi connectivity index (χ1v) is 18.1. The predicted octanol–water partition coefficient (Wildman–Crippen LogP) is 0.371. The van der Waals surface area contributed by atoms with Crippen LogP contribution >= 0.6 is 25.8 Å². The summed E-state index contributed by atoms with van der Waals surface area (Å²) in [6.45, 7) is -9.50. The topological polar surface area (TPSA) is 252 Å². The van der Waals surface area contributed by atoms with E-state index in [1.165, 1.54) is 17.2 Å². The molecule has 19 nitrogen and oxygen atoms in total. The fraction of sp³-hybridized carbons (Fsp3) is 0.500. The van der Waals surface area contributed by atoms with Gasteiger partial charge >= 0.3 is 13.5 Å². The molecule has 9 atom stereocenters. The highest BCUT2D eigenvalue weighted by atomic mass is 32.7. The number of nitrogen functional groups attached to an aromatic ring is 2. The maximum atomic E-state index is 15.9. The summed E-state index contributed by atoms with van der Waals surface area (Å²) in [7, 11) is 0. The van der Waals surface area contributed by atoms with E-state index in [0.29, 0.717) is 11.2 Å². The number of thiol groups is 1. The van der Waals surface area contributed by atoms with E-state index in [9.17, 15) is 14.3 Å². The highest BCUT2D eigenvalue weighted by Gasteiger charge is 2.52. The van der Waals surface area contributed by atoms with Crippen LogP contribution in [0.1, 0.15) is 12.3 Å². The van der Waals surface area contributed by atoms with Gasteiger partial charge in [0.2, 0.25) is 5.95 Å². The molecule has 3 fully saturated rings. The maximum Gasteiger partial charge on any atom is 0.386 e. The summed E-state index contributed by atoms with van der Waals surface area (Å²) < 4.78 is 66.5. The molecule has 4 aromatic rings. The molecule has 3 aliphatic heterocycles. The van der Waals surface area contributed by atoms with Gasteiger partial charge in [0.25, 0.3) is 5.56 Å². The molecule has 0 aliphatic carbocycles. The van der Waals surface area contributed by atoms with Crippen LogP contribution in [0, 0.1) is 0 Å². The van der Waals surface area contributed by atoms with Gasteiger partial charge in [-0.15, -0.1) is 0 Å². The van der Waals surface area contributed by atoms with Gasteiger partial charge in [0, 0.05) is 0 Å². The van der Waals surface area contributed by atoms with Crippen LogP contribution in [0.15, 0.2) is 23.8 Å². The first kappa shape index (κ1) is 30.1. The number of aromatic amines is 1. The Balaban J connectivity index is 1.21. The van der Waals surface area contributed by atoms with Crippen LogP contribution in [0.3, 0.4) is 0 Å². The number of imidazole rings is 2. The zero-order valence-electron chi connectivity index (χ0n) is 22.0. The van der Waals surface area contributed by atoms with Crippen LogP contribution in [-0.4, -0.2) is 94.3 Å². The lowest BCUT2D eigenvalue weighted by Gasteiger charge is -2.29. The number of aromatic nitrogens is 8. The van der Waals surface area contributed by atoms with Gasteiger partial charge in [-0.3, -0.25) is 23.4 Å². The largest absolute Gasteiger partial charge is 0.386 e. The van der Waals surface area contributed by atoms with Crippen LogP contribution in [0.2, 0.25) is 0 Å². The van der Waals surface area contributed by atoms with Gasteiger partial charge in [0.05, 0.1) is 38.5 Å². The second kappa shape index (κ2) is 11.0. The molecule has 2 unspecified atom stereocenters. The van der Waals surface area contributed by atoms with Crippen molar-refractivity contribution < 1.29 is 41.4 Å². The number of H-pyrrole nitrogens is 1. The number of anilines is 2. The SMILES string of the molecule is Nc1nc2c(ncn2[C@@H]2O[C@H]3COP(O)(=S)O[C@H]4[C@H](COP(=O)(S)O[C@@H]2[C@@H]3F)OC[C@H]4n2cnc3c(N)ncnc32)c(=O)[nH]1. The number of rotatable bonds is 2. The van der Waals surface area contributed by atoms with Crippen LogP contribution in [0.5, 0.6) is 0 Å². The summed E-state index contributed by atoms with van der Waals surface area (Å²) in [6.07, 6.45) is -4.66. The van der Waals surface area contributed by atoms with E-state index >= 15 is 4.39 Å². The molecule has 44 heavy (non-hydrogen) atoms. The summed E-state index contributed by atoms with van der Waals surface area (Å²) in [6, 6.07) is -0.685. The van der Waals surface area contributed by atoms with Crippen molar-refractivity contribution in [2.45, 2.75) is 42.9 Å². The second-order valence-electron chi connectivity index (χ2n) is 9.98. The molecule has 0 radical (unpaired) electrons. The molecule has 3 saturated heterocycles. The number of alkyl halides is 1. The van der Waals surface area contributed by atoms with Crippen molar-refractivity contribution >= 4 is 71.7 Å². The van der Waals surface area contributed by atoms with E-state index in [4.69, 9.17) is 50.8 Å². The van der Waals surface area contributed by atoms with E-state index in [1.54, 1.807) is 4.57 Å². The van der Waals surface area contributed by atoms with Gasteiger partial charge in [-0.05, 0) is 11.8 Å². The number of halogens is 1. The normalized spacial score (nSPS) is 36.6. The van der Waals surface area contributed by atoms with E-state index in [1.807, 2.05) is 0 Å². The smallest absolute Gasteiger partial charge is 0.382 e. The second-order valence-corrected chi connectivity index (χ2v) is 15.6. The van der Waals surface area contributed by atoms with Crippen molar-refractivity contribution in [3.05, 3.63) is 29.3 Å². The van der Waals surface area contributed by atoms with E-state index in [-0.39, 0.29) is 29.5 Å². The molecule has 7 heterocycles. The minimum Gasteiger partial charge on any atom is -0.382 e. The summed E-state index contributed by atoms with van der Waals surface area (Å²) in [5.41, 5.74) is 11.5. The third-order valence-corrected chi connectivity index (χ3v) is 10.4. The van der Waals surface area contributed by atoms with Crippen LogP contribution in [0.4, 0.5) is 16.2 Å². The quantitative estimate of drug-likeness (QED) is 0.141. The lowest BCUT2D eigenvalue weighted by molar-refractivity contribution is -0.0516. The highest BCUT2D eigenvalue weighted by molar-refractivity contribution is 8.44. The standard InChI is InChI=1S/C20H23FN10O9P2S2/c21-10-8-2-36-41(33,43)39-13-7(30-5-26-11-15(22)24-4-25-16(11)30)1-35-9(13)3-37-42(34,44)40-14(10)19(38-8)31-6-27-12-17(31)28-20(23)29-18(12)32/h4-10,13-14,19H,1-3H2,(H,33,43)(H,34,44)(H2,22,24,25)(H3,23,28,29,32)/t7-,8+,9+,10-,13-,14-,19-,41?,42?/m1/s1. The molecular weight excluding hydrogens is 669 g/mol. The third-order valence-electron chi connectivity index (χ3n) is 7.27. The number of ether oxygens (including phenoxy) is 2. The molecule has 7 rings (SSSR count). The van der Waals surface area contributed by atoms with Crippen molar-refractivity contribution in [3.63, 3.8) is 0 Å². The molecule has 4 aromatic heterocycles. The van der Waals surface area contributed by atoms with E-state index in [2.05, 4.69) is 42.2 Å².